The summed E-state index contributed by atoms with van der Waals surface area (Å²) in [5.41, 5.74) is 4.70. The standard InChI is InChI=1S/C29H27N3OS/c1-2-6-28-26(5-1)32(27-10-7-21(16-29(27)33-28)20-11-13-30-14-12-20)24-17-22-8-9-23(18-24)31(22)19-25-4-3-15-34-25/h1-7,10-16,22-24H,8-9,17-19H2/t22-,23+,24+. The second kappa shape index (κ2) is 8.26. The number of anilines is 2. The normalized spacial score (nSPS) is 23.3. The Labute approximate surface area is 204 Å². The maximum absolute atomic E-state index is 6.45. The van der Waals surface area contributed by atoms with Gasteiger partial charge in [-0.15, -0.1) is 11.3 Å². The van der Waals surface area contributed by atoms with Crippen molar-refractivity contribution >= 4 is 22.7 Å². The van der Waals surface area contributed by atoms with Crippen molar-refractivity contribution in [2.75, 3.05) is 4.90 Å². The molecular weight excluding hydrogens is 438 g/mol. The summed E-state index contributed by atoms with van der Waals surface area (Å²) in [4.78, 5) is 11.0. The Kier molecular flexibility index (Phi) is 4.92. The Morgan fingerprint density at radius 1 is 0.794 bits per heavy atom. The molecule has 4 nitrogen and oxygen atoms in total. The number of ether oxygens (including phenoxy) is 1. The lowest BCUT2D eigenvalue weighted by Gasteiger charge is -2.46. The molecule has 4 aromatic rings. The van der Waals surface area contributed by atoms with Crippen LogP contribution in [0.15, 0.2) is 84.5 Å². The van der Waals surface area contributed by atoms with Crippen LogP contribution in [0.3, 0.4) is 0 Å². The van der Waals surface area contributed by atoms with E-state index >= 15 is 0 Å². The number of piperidine rings is 1. The molecule has 0 spiro atoms. The van der Waals surface area contributed by atoms with Crippen molar-refractivity contribution in [2.45, 2.75) is 50.4 Å². The molecule has 0 radical (unpaired) electrons. The van der Waals surface area contributed by atoms with E-state index in [1.807, 2.05) is 23.7 Å². The maximum atomic E-state index is 6.45. The van der Waals surface area contributed by atoms with E-state index < -0.39 is 0 Å². The monoisotopic (exact) mass is 465 g/mol. The first-order chi connectivity index (χ1) is 16.8. The lowest BCUT2D eigenvalue weighted by atomic mass is 9.93. The molecule has 0 amide bonds. The lowest BCUT2D eigenvalue weighted by molar-refractivity contribution is 0.120. The Hall–Kier alpha value is -3.15. The van der Waals surface area contributed by atoms with Crippen LogP contribution < -0.4 is 9.64 Å². The average molecular weight is 466 g/mol. The van der Waals surface area contributed by atoms with Gasteiger partial charge in [-0.25, -0.2) is 0 Å². The molecule has 7 rings (SSSR count). The van der Waals surface area contributed by atoms with Crippen molar-refractivity contribution in [2.24, 2.45) is 0 Å². The van der Waals surface area contributed by atoms with E-state index in [1.165, 1.54) is 41.9 Å². The van der Waals surface area contributed by atoms with Crippen LogP contribution in [-0.2, 0) is 6.54 Å². The summed E-state index contributed by atoms with van der Waals surface area (Å²) in [6.07, 6.45) is 8.70. The minimum atomic E-state index is 0.479. The third-order valence-electron chi connectivity index (χ3n) is 7.72. The fraction of sp³-hybridized carbons (Fsp3) is 0.276. The second-order valence-electron chi connectivity index (χ2n) is 9.62. The van der Waals surface area contributed by atoms with E-state index in [9.17, 15) is 0 Å². The molecule has 2 saturated heterocycles. The van der Waals surface area contributed by atoms with Gasteiger partial charge < -0.3 is 9.64 Å². The molecule has 0 unspecified atom stereocenters. The Morgan fingerprint density at radius 2 is 1.59 bits per heavy atom. The number of aromatic nitrogens is 1. The van der Waals surface area contributed by atoms with E-state index in [-0.39, 0.29) is 0 Å². The van der Waals surface area contributed by atoms with Crippen LogP contribution in [0.2, 0.25) is 0 Å². The quantitative estimate of drug-likeness (QED) is 0.317. The van der Waals surface area contributed by atoms with Gasteiger partial charge in [0.25, 0.3) is 0 Å². The Balaban J connectivity index is 1.23. The molecule has 2 bridgehead atoms. The second-order valence-corrected chi connectivity index (χ2v) is 10.7. The Morgan fingerprint density at radius 3 is 2.38 bits per heavy atom. The van der Waals surface area contributed by atoms with Gasteiger partial charge in [0.05, 0.1) is 11.4 Å². The molecule has 2 aromatic heterocycles. The summed E-state index contributed by atoms with van der Waals surface area (Å²) in [5, 5.41) is 2.20. The number of hydrogen-bond acceptors (Lipinski definition) is 5. The zero-order chi connectivity index (χ0) is 22.5. The zero-order valence-electron chi connectivity index (χ0n) is 19.0. The zero-order valence-corrected chi connectivity index (χ0v) is 19.8. The first-order valence-electron chi connectivity index (χ1n) is 12.2. The molecule has 5 heteroatoms. The highest BCUT2D eigenvalue weighted by atomic mass is 32.1. The van der Waals surface area contributed by atoms with Gasteiger partial charge in [-0.1, -0.05) is 24.3 Å². The van der Waals surface area contributed by atoms with Gasteiger partial charge in [0.1, 0.15) is 0 Å². The predicted molar refractivity (Wildman–Crippen MR) is 138 cm³/mol. The molecule has 0 aliphatic carbocycles. The molecule has 3 atom stereocenters. The van der Waals surface area contributed by atoms with Crippen molar-refractivity contribution in [3.05, 3.63) is 89.4 Å². The van der Waals surface area contributed by atoms with Crippen LogP contribution in [0.1, 0.15) is 30.6 Å². The summed E-state index contributed by atoms with van der Waals surface area (Å²) in [7, 11) is 0. The molecule has 5 heterocycles. The largest absolute Gasteiger partial charge is 0.453 e. The first-order valence-corrected chi connectivity index (χ1v) is 13.1. The van der Waals surface area contributed by atoms with Gasteiger partial charge in [0.2, 0.25) is 0 Å². The van der Waals surface area contributed by atoms with Crippen molar-refractivity contribution in [1.82, 2.24) is 9.88 Å². The predicted octanol–water partition coefficient (Wildman–Crippen LogP) is 7.25. The molecule has 2 fully saturated rings. The number of pyridine rings is 1. The summed E-state index contributed by atoms with van der Waals surface area (Å²) in [6.45, 7) is 1.10. The molecule has 0 saturated carbocycles. The van der Waals surface area contributed by atoms with Crippen molar-refractivity contribution in [3.8, 4) is 22.6 Å². The molecule has 170 valence electrons. The fourth-order valence-corrected chi connectivity index (χ4v) is 6.91. The van der Waals surface area contributed by atoms with Gasteiger partial charge in [-0.2, -0.15) is 0 Å². The summed E-state index contributed by atoms with van der Waals surface area (Å²) in [6, 6.07) is 25.5. The average Bonchev–Trinajstić information content (AvgIpc) is 3.47. The van der Waals surface area contributed by atoms with Crippen molar-refractivity contribution in [3.63, 3.8) is 0 Å². The first kappa shape index (κ1) is 20.2. The van der Waals surface area contributed by atoms with Crippen LogP contribution >= 0.6 is 11.3 Å². The lowest BCUT2D eigenvalue weighted by Crippen LogP contribution is -2.49. The summed E-state index contributed by atoms with van der Waals surface area (Å²) in [5.74, 6) is 1.90. The van der Waals surface area contributed by atoms with Gasteiger partial charge >= 0.3 is 0 Å². The van der Waals surface area contributed by atoms with E-state index in [2.05, 4.69) is 86.9 Å². The van der Waals surface area contributed by atoms with Gasteiger partial charge in [0.15, 0.2) is 11.5 Å². The number of rotatable bonds is 4. The van der Waals surface area contributed by atoms with E-state index in [0.717, 1.165) is 29.2 Å². The van der Waals surface area contributed by atoms with Gasteiger partial charge in [-0.3, -0.25) is 9.88 Å². The van der Waals surface area contributed by atoms with Crippen molar-refractivity contribution < 1.29 is 4.74 Å². The SMILES string of the molecule is c1csc(CN2[C@@H]3CC[C@H]2C[C@@H](N2c4ccccc4Oc4cc(-c5ccncc5)ccc42)C3)c1. The number of nitrogens with zero attached hydrogens (tertiary/aromatic N) is 3. The topological polar surface area (TPSA) is 28.6 Å². The van der Waals surface area contributed by atoms with Crippen LogP contribution in [0.4, 0.5) is 11.4 Å². The fourth-order valence-electron chi connectivity index (χ4n) is 6.20. The third kappa shape index (κ3) is 3.42. The molecule has 0 N–H and O–H groups in total. The van der Waals surface area contributed by atoms with Gasteiger partial charge in [-0.05, 0) is 84.7 Å². The van der Waals surface area contributed by atoms with Crippen LogP contribution in [0.25, 0.3) is 11.1 Å². The minimum Gasteiger partial charge on any atom is -0.453 e. The molecule has 2 aromatic carbocycles. The van der Waals surface area contributed by atoms with E-state index in [0.29, 0.717) is 18.1 Å². The highest BCUT2D eigenvalue weighted by Crippen LogP contribution is 2.51. The van der Waals surface area contributed by atoms with Crippen LogP contribution in [0, 0.1) is 0 Å². The summed E-state index contributed by atoms with van der Waals surface area (Å²) >= 11 is 1.89. The third-order valence-corrected chi connectivity index (χ3v) is 8.58. The van der Waals surface area contributed by atoms with E-state index in [1.54, 1.807) is 0 Å². The number of thiophene rings is 1. The van der Waals surface area contributed by atoms with E-state index in [4.69, 9.17) is 4.74 Å². The smallest absolute Gasteiger partial charge is 0.151 e. The Bertz CT molecular complexity index is 1290. The highest BCUT2D eigenvalue weighted by molar-refractivity contribution is 7.09. The summed E-state index contributed by atoms with van der Waals surface area (Å²) < 4.78 is 6.45. The molecule has 3 aliphatic heterocycles. The molecule has 3 aliphatic rings. The van der Waals surface area contributed by atoms with Gasteiger partial charge in [0, 0.05) is 41.9 Å². The maximum Gasteiger partial charge on any atom is 0.151 e. The molecule has 34 heavy (non-hydrogen) atoms. The highest BCUT2D eigenvalue weighted by Gasteiger charge is 2.44. The molecular formula is C29H27N3OS. The van der Waals surface area contributed by atoms with Crippen molar-refractivity contribution in [1.29, 1.82) is 0 Å². The van der Waals surface area contributed by atoms with Crippen LogP contribution in [0.5, 0.6) is 11.5 Å². The number of fused-ring (bicyclic) bond motifs is 4. The minimum absolute atomic E-state index is 0.479. The number of hydrogen-bond donors (Lipinski definition) is 0. The van der Waals surface area contributed by atoms with Crippen LogP contribution in [-0.4, -0.2) is 28.0 Å². The number of para-hydroxylation sites is 2. The number of benzene rings is 2.